The Balaban J connectivity index is 1.96. The zero-order valence-corrected chi connectivity index (χ0v) is 16.1. The number of piperidine rings is 1. The highest BCUT2D eigenvalue weighted by Gasteiger charge is 2.43. The standard InChI is InChI=1S/C22H22ClNO4/c23-18-9-7-17(8-10-18)22(20(26)13-19(25)21(27)28)11-4-12-24(15-22)14-16-5-2-1-3-6-16/h1-3,5-10,13,25H,4,11-12,14-15H2,(H,27,28)/b19-13+. The number of ketones is 1. The Hall–Kier alpha value is -2.63. The number of aliphatic hydroxyl groups excluding tert-OH is 1. The molecule has 146 valence electrons. The van der Waals surface area contributed by atoms with Gasteiger partial charge >= 0.3 is 5.97 Å². The van der Waals surface area contributed by atoms with Crippen molar-refractivity contribution in [2.75, 3.05) is 13.1 Å². The highest BCUT2D eigenvalue weighted by atomic mass is 35.5. The first-order chi connectivity index (χ1) is 13.4. The molecule has 1 heterocycles. The summed E-state index contributed by atoms with van der Waals surface area (Å²) in [4.78, 5) is 26.4. The number of hydrogen-bond donors (Lipinski definition) is 2. The minimum absolute atomic E-state index is 0.410. The van der Waals surface area contributed by atoms with Crippen LogP contribution >= 0.6 is 11.6 Å². The minimum Gasteiger partial charge on any atom is -0.502 e. The van der Waals surface area contributed by atoms with Crippen LogP contribution in [0.3, 0.4) is 0 Å². The van der Waals surface area contributed by atoms with Gasteiger partial charge in [0.05, 0.1) is 5.41 Å². The molecular weight excluding hydrogens is 378 g/mol. The van der Waals surface area contributed by atoms with E-state index >= 15 is 0 Å². The topological polar surface area (TPSA) is 77.8 Å². The fourth-order valence-electron chi connectivity index (χ4n) is 3.79. The first kappa shape index (κ1) is 20.1. The van der Waals surface area contributed by atoms with E-state index in [2.05, 4.69) is 4.90 Å². The van der Waals surface area contributed by atoms with Crippen molar-refractivity contribution in [2.24, 2.45) is 0 Å². The van der Waals surface area contributed by atoms with Gasteiger partial charge in [0.15, 0.2) is 5.78 Å². The zero-order valence-electron chi connectivity index (χ0n) is 15.3. The Morgan fingerprint density at radius 2 is 1.75 bits per heavy atom. The molecule has 0 aromatic heterocycles. The molecule has 0 saturated carbocycles. The lowest BCUT2D eigenvalue weighted by molar-refractivity contribution is -0.136. The van der Waals surface area contributed by atoms with Gasteiger partial charge in [-0.2, -0.15) is 0 Å². The lowest BCUT2D eigenvalue weighted by Crippen LogP contribution is -2.50. The molecular formula is C22H22ClNO4. The van der Waals surface area contributed by atoms with Crippen LogP contribution in [0.25, 0.3) is 0 Å². The number of hydrogen-bond acceptors (Lipinski definition) is 4. The molecule has 0 amide bonds. The number of carboxylic acid groups (broad SMARTS) is 1. The lowest BCUT2D eigenvalue weighted by Gasteiger charge is -2.42. The van der Waals surface area contributed by atoms with Crippen molar-refractivity contribution in [2.45, 2.75) is 24.8 Å². The Bertz CT molecular complexity index is 879. The lowest BCUT2D eigenvalue weighted by atomic mass is 9.70. The van der Waals surface area contributed by atoms with Gasteiger partial charge in [0, 0.05) is 24.2 Å². The number of aliphatic carboxylic acids is 1. The average molecular weight is 400 g/mol. The van der Waals surface area contributed by atoms with E-state index in [0.29, 0.717) is 24.5 Å². The molecule has 2 N–H and O–H groups in total. The fraction of sp³-hybridized carbons (Fsp3) is 0.273. The molecule has 0 bridgehead atoms. The third-order valence-electron chi connectivity index (χ3n) is 5.18. The molecule has 0 aliphatic carbocycles. The molecule has 28 heavy (non-hydrogen) atoms. The third-order valence-corrected chi connectivity index (χ3v) is 5.43. The molecule has 6 heteroatoms. The summed E-state index contributed by atoms with van der Waals surface area (Å²) in [7, 11) is 0. The summed E-state index contributed by atoms with van der Waals surface area (Å²) in [5.41, 5.74) is 0.987. The van der Waals surface area contributed by atoms with Crippen LogP contribution < -0.4 is 0 Å². The van der Waals surface area contributed by atoms with Crippen molar-refractivity contribution in [3.05, 3.63) is 82.6 Å². The largest absolute Gasteiger partial charge is 0.502 e. The molecule has 3 rings (SSSR count). The number of rotatable bonds is 6. The second-order valence-corrected chi connectivity index (χ2v) is 7.52. The van der Waals surface area contributed by atoms with Crippen LogP contribution in [0.4, 0.5) is 0 Å². The molecule has 1 atom stereocenters. The van der Waals surface area contributed by atoms with Gasteiger partial charge in [0.2, 0.25) is 5.76 Å². The fourth-order valence-corrected chi connectivity index (χ4v) is 3.92. The van der Waals surface area contributed by atoms with E-state index < -0.39 is 22.9 Å². The molecule has 1 aliphatic heterocycles. The molecule has 2 aromatic rings. The van der Waals surface area contributed by atoms with Crippen LogP contribution in [0.1, 0.15) is 24.0 Å². The Labute approximate surface area is 168 Å². The normalized spacial score (nSPS) is 20.7. The van der Waals surface area contributed by atoms with Gasteiger partial charge in [0.1, 0.15) is 0 Å². The predicted molar refractivity (Wildman–Crippen MR) is 107 cm³/mol. The summed E-state index contributed by atoms with van der Waals surface area (Å²) < 4.78 is 0. The molecule has 0 radical (unpaired) electrons. The zero-order chi connectivity index (χ0) is 20.1. The van der Waals surface area contributed by atoms with Gasteiger partial charge in [-0.15, -0.1) is 0 Å². The maximum absolute atomic E-state index is 13.2. The summed E-state index contributed by atoms with van der Waals surface area (Å²) >= 11 is 6.01. The van der Waals surface area contributed by atoms with Gasteiger partial charge < -0.3 is 10.2 Å². The first-order valence-electron chi connectivity index (χ1n) is 9.11. The first-order valence-corrected chi connectivity index (χ1v) is 9.49. The summed E-state index contributed by atoms with van der Waals surface area (Å²) in [6.07, 6.45) is 2.19. The number of carbonyl (C=O) groups excluding carboxylic acids is 1. The van der Waals surface area contributed by atoms with Crippen LogP contribution in [0.2, 0.25) is 5.02 Å². The van der Waals surface area contributed by atoms with Crippen molar-refractivity contribution in [1.29, 1.82) is 0 Å². The quantitative estimate of drug-likeness (QED) is 0.567. The van der Waals surface area contributed by atoms with Crippen molar-refractivity contribution >= 4 is 23.4 Å². The number of halogens is 1. The summed E-state index contributed by atoms with van der Waals surface area (Å²) in [6.45, 7) is 1.97. The van der Waals surface area contributed by atoms with E-state index in [9.17, 15) is 14.7 Å². The summed E-state index contributed by atoms with van der Waals surface area (Å²) in [5.74, 6) is -2.87. The van der Waals surface area contributed by atoms with E-state index in [1.807, 2.05) is 30.3 Å². The molecule has 1 saturated heterocycles. The van der Waals surface area contributed by atoms with Crippen LogP contribution in [-0.4, -0.2) is 40.0 Å². The van der Waals surface area contributed by atoms with Crippen molar-refractivity contribution < 1.29 is 19.8 Å². The second kappa shape index (κ2) is 8.59. The van der Waals surface area contributed by atoms with Crippen LogP contribution in [-0.2, 0) is 21.5 Å². The number of carboxylic acids is 1. The number of benzene rings is 2. The van der Waals surface area contributed by atoms with E-state index in [1.54, 1.807) is 24.3 Å². The SMILES string of the molecule is O=C(O)/C(O)=C\C(=O)C1(c2ccc(Cl)cc2)CCCN(Cc2ccccc2)C1. The molecule has 1 unspecified atom stereocenters. The number of nitrogens with zero attached hydrogens (tertiary/aromatic N) is 1. The van der Waals surface area contributed by atoms with Crippen molar-refractivity contribution in [3.63, 3.8) is 0 Å². The predicted octanol–water partition coefficient (Wildman–Crippen LogP) is 3.97. The van der Waals surface area contributed by atoms with E-state index in [0.717, 1.165) is 30.2 Å². The molecule has 1 aliphatic rings. The summed E-state index contributed by atoms with van der Waals surface area (Å²) in [5, 5.41) is 19.2. The van der Waals surface area contributed by atoms with Crippen LogP contribution in [0.5, 0.6) is 0 Å². The Kier molecular flexibility index (Phi) is 6.17. The number of carbonyl (C=O) groups is 2. The number of aliphatic hydroxyl groups is 1. The van der Waals surface area contributed by atoms with E-state index in [-0.39, 0.29) is 0 Å². The number of allylic oxidation sites excluding steroid dienone is 1. The van der Waals surface area contributed by atoms with Gasteiger partial charge in [-0.3, -0.25) is 9.69 Å². The molecule has 2 aromatic carbocycles. The number of likely N-dealkylation sites (tertiary alicyclic amines) is 1. The Morgan fingerprint density at radius 1 is 1.07 bits per heavy atom. The highest BCUT2D eigenvalue weighted by molar-refractivity contribution is 6.30. The second-order valence-electron chi connectivity index (χ2n) is 7.09. The molecule has 5 nitrogen and oxygen atoms in total. The molecule has 0 spiro atoms. The van der Waals surface area contributed by atoms with Gasteiger partial charge in [-0.05, 0) is 42.6 Å². The maximum atomic E-state index is 13.2. The van der Waals surface area contributed by atoms with Crippen LogP contribution in [0, 0.1) is 0 Å². The smallest absolute Gasteiger partial charge is 0.371 e. The third kappa shape index (κ3) is 4.43. The molecule has 1 fully saturated rings. The van der Waals surface area contributed by atoms with Crippen molar-refractivity contribution in [3.8, 4) is 0 Å². The van der Waals surface area contributed by atoms with Crippen molar-refractivity contribution in [1.82, 2.24) is 4.90 Å². The van der Waals surface area contributed by atoms with Gasteiger partial charge in [-0.1, -0.05) is 54.1 Å². The average Bonchev–Trinajstić information content (AvgIpc) is 2.69. The highest BCUT2D eigenvalue weighted by Crippen LogP contribution is 2.37. The van der Waals surface area contributed by atoms with E-state index in [1.165, 1.54) is 0 Å². The monoisotopic (exact) mass is 399 g/mol. The van der Waals surface area contributed by atoms with Crippen LogP contribution in [0.15, 0.2) is 66.4 Å². The Morgan fingerprint density at radius 3 is 2.39 bits per heavy atom. The minimum atomic E-state index is -1.52. The summed E-state index contributed by atoms with van der Waals surface area (Å²) in [6, 6.07) is 17.0. The van der Waals surface area contributed by atoms with E-state index in [4.69, 9.17) is 16.7 Å². The maximum Gasteiger partial charge on any atom is 0.371 e. The van der Waals surface area contributed by atoms with Gasteiger partial charge in [0.25, 0.3) is 0 Å². The van der Waals surface area contributed by atoms with Gasteiger partial charge in [-0.25, -0.2) is 4.79 Å².